The molecular formula is C22H34N6O2S. The Morgan fingerprint density at radius 3 is 2.45 bits per heavy atom. The van der Waals surface area contributed by atoms with Gasteiger partial charge in [0.05, 0.1) is 0 Å². The molecular weight excluding hydrogens is 412 g/mol. The van der Waals surface area contributed by atoms with E-state index in [0.29, 0.717) is 32.1 Å². The van der Waals surface area contributed by atoms with E-state index in [1.807, 2.05) is 20.8 Å². The van der Waals surface area contributed by atoms with Crippen LogP contribution in [0, 0.1) is 6.92 Å². The molecule has 3 rings (SSSR count). The van der Waals surface area contributed by atoms with Gasteiger partial charge >= 0.3 is 6.09 Å². The summed E-state index contributed by atoms with van der Waals surface area (Å²) in [5.41, 5.74) is 2.96. The summed E-state index contributed by atoms with van der Waals surface area (Å²) in [5.74, 6) is 0.703. The Morgan fingerprint density at radius 1 is 1.19 bits per heavy atom. The van der Waals surface area contributed by atoms with Crippen LogP contribution in [0.4, 0.5) is 27.2 Å². The number of hydrogen-bond donors (Lipinski definition) is 1. The van der Waals surface area contributed by atoms with Gasteiger partial charge in [0.15, 0.2) is 0 Å². The minimum atomic E-state index is -0.479. The maximum absolute atomic E-state index is 12.2. The maximum Gasteiger partial charge on any atom is 0.410 e. The van der Waals surface area contributed by atoms with E-state index in [4.69, 9.17) is 4.74 Å². The zero-order chi connectivity index (χ0) is 22.6. The number of rotatable bonds is 6. The van der Waals surface area contributed by atoms with Crippen LogP contribution >= 0.6 is 11.5 Å². The lowest BCUT2D eigenvalue weighted by Gasteiger charge is -2.35. The predicted molar refractivity (Wildman–Crippen MR) is 128 cm³/mol. The van der Waals surface area contributed by atoms with Crippen molar-refractivity contribution in [3.05, 3.63) is 23.8 Å². The van der Waals surface area contributed by atoms with Crippen molar-refractivity contribution >= 4 is 40.1 Å². The number of piperazine rings is 1. The number of ether oxygens (including phenoxy) is 1. The van der Waals surface area contributed by atoms with Gasteiger partial charge in [0.25, 0.3) is 0 Å². The van der Waals surface area contributed by atoms with Gasteiger partial charge in [0, 0.05) is 62.2 Å². The van der Waals surface area contributed by atoms with Crippen LogP contribution in [-0.4, -0.2) is 65.2 Å². The van der Waals surface area contributed by atoms with E-state index in [-0.39, 0.29) is 6.09 Å². The quantitative estimate of drug-likeness (QED) is 0.700. The molecule has 0 radical (unpaired) electrons. The zero-order valence-corrected chi connectivity index (χ0v) is 20.3. The Bertz CT molecular complexity index is 882. The van der Waals surface area contributed by atoms with E-state index >= 15 is 0 Å². The molecule has 1 N–H and O–H groups in total. The highest BCUT2D eigenvalue weighted by atomic mass is 32.1. The molecule has 170 valence electrons. The number of anilines is 4. The van der Waals surface area contributed by atoms with Crippen LogP contribution < -0.4 is 15.1 Å². The second kappa shape index (κ2) is 9.72. The van der Waals surface area contributed by atoms with E-state index in [9.17, 15) is 4.79 Å². The van der Waals surface area contributed by atoms with Gasteiger partial charge in [-0.25, -0.2) is 4.79 Å². The fourth-order valence-electron chi connectivity index (χ4n) is 3.50. The summed E-state index contributed by atoms with van der Waals surface area (Å²) in [6.07, 6.45) is -0.260. The van der Waals surface area contributed by atoms with Crippen molar-refractivity contribution in [2.75, 3.05) is 54.4 Å². The molecule has 0 bridgehead atoms. The Kier molecular flexibility index (Phi) is 7.25. The number of hydrogen-bond acceptors (Lipinski definition) is 8. The van der Waals surface area contributed by atoms with E-state index in [1.54, 1.807) is 4.90 Å². The van der Waals surface area contributed by atoms with Crippen molar-refractivity contribution in [2.24, 2.45) is 0 Å². The first-order valence-electron chi connectivity index (χ1n) is 10.9. The van der Waals surface area contributed by atoms with Gasteiger partial charge in [-0.15, -0.1) is 0 Å². The molecule has 1 fully saturated rings. The number of amides is 1. The minimum Gasteiger partial charge on any atom is -0.444 e. The number of carbonyl (C=O) groups excluding carboxylic acids is 1. The van der Waals surface area contributed by atoms with Gasteiger partial charge in [-0.3, -0.25) is 0 Å². The van der Waals surface area contributed by atoms with Crippen LogP contribution in [0.25, 0.3) is 0 Å². The molecule has 1 aromatic heterocycles. The summed E-state index contributed by atoms with van der Waals surface area (Å²) >= 11 is 1.35. The summed E-state index contributed by atoms with van der Waals surface area (Å²) < 4.78 is 9.98. The van der Waals surface area contributed by atoms with Crippen LogP contribution in [0.2, 0.25) is 0 Å². The molecule has 0 atom stereocenters. The highest BCUT2D eigenvalue weighted by Gasteiger charge is 2.27. The lowest BCUT2D eigenvalue weighted by molar-refractivity contribution is 0.0240. The first-order valence-corrected chi connectivity index (χ1v) is 11.7. The number of aromatic nitrogens is 2. The lowest BCUT2D eigenvalue weighted by atomic mass is 10.1. The fraction of sp³-hybridized carbons (Fsp3) is 0.591. The molecule has 0 saturated carbocycles. The number of nitrogens with one attached hydrogen (secondary N) is 1. The highest BCUT2D eigenvalue weighted by Crippen LogP contribution is 2.28. The van der Waals surface area contributed by atoms with Crippen LogP contribution in [0.1, 0.15) is 40.2 Å². The van der Waals surface area contributed by atoms with E-state index in [1.165, 1.54) is 22.8 Å². The predicted octanol–water partition coefficient (Wildman–Crippen LogP) is 4.49. The lowest BCUT2D eigenvalue weighted by Crippen LogP contribution is -2.50. The zero-order valence-electron chi connectivity index (χ0n) is 19.4. The summed E-state index contributed by atoms with van der Waals surface area (Å²) in [6.45, 7) is 16.6. The summed E-state index contributed by atoms with van der Waals surface area (Å²) in [5, 5.41) is 4.17. The molecule has 0 unspecified atom stereocenters. The summed E-state index contributed by atoms with van der Waals surface area (Å²) in [7, 11) is 0. The number of carbonyl (C=O) groups is 1. The van der Waals surface area contributed by atoms with Crippen molar-refractivity contribution in [2.45, 2.75) is 47.1 Å². The van der Waals surface area contributed by atoms with Gasteiger partial charge in [-0.2, -0.15) is 9.36 Å². The average Bonchev–Trinajstić information content (AvgIpc) is 3.18. The standard InChI is InChI=1S/C22H34N6O2S/c1-7-26(8-2)17-9-10-18(16(3)15-17)23-20-24-19(25-31-20)27-11-13-28(14-12-27)21(29)30-22(4,5)6/h9-10,15H,7-8,11-14H2,1-6H3,(H,23,24,25). The molecule has 31 heavy (non-hydrogen) atoms. The summed E-state index contributed by atoms with van der Waals surface area (Å²) in [4.78, 5) is 23.1. The van der Waals surface area contributed by atoms with Crippen LogP contribution in [-0.2, 0) is 4.74 Å². The van der Waals surface area contributed by atoms with Gasteiger partial charge in [0.1, 0.15) is 5.60 Å². The molecule has 1 saturated heterocycles. The van der Waals surface area contributed by atoms with Crippen LogP contribution in [0.15, 0.2) is 18.2 Å². The minimum absolute atomic E-state index is 0.260. The van der Waals surface area contributed by atoms with Gasteiger partial charge in [-0.05, 0) is 65.3 Å². The molecule has 9 heteroatoms. The van der Waals surface area contributed by atoms with Gasteiger partial charge in [0.2, 0.25) is 11.1 Å². The average molecular weight is 447 g/mol. The number of aryl methyl sites for hydroxylation is 1. The topological polar surface area (TPSA) is 73.8 Å². The van der Waals surface area contributed by atoms with E-state index in [0.717, 1.165) is 23.9 Å². The first kappa shape index (κ1) is 23.1. The van der Waals surface area contributed by atoms with Crippen molar-refractivity contribution < 1.29 is 9.53 Å². The Morgan fingerprint density at radius 2 is 1.87 bits per heavy atom. The normalized spacial score (nSPS) is 14.5. The number of nitrogens with zero attached hydrogens (tertiary/aromatic N) is 5. The molecule has 2 aromatic rings. The molecule has 2 heterocycles. The molecule has 1 aromatic carbocycles. The summed E-state index contributed by atoms with van der Waals surface area (Å²) in [6, 6.07) is 6.44. The van der Waals surface area contributed by atoms with Crippen molar-refractivity contribution in [3.8, 4) is 0 Å². The third-order valence-electron chi connectivity index (χ3n) is 5.21. The van der Waals surface area contributed by atoms with Gasteiger partial charge < -0.3 is 24.8 Å². The second-order valence-corrected chi connectivity index (χ2v) is 9.40. The first-order chi connectivity index (χ1) is 14.7. The van der Waals surface area contributed by atoms with Crippen LogP contribution in [0.5, 0.6) is 0 Å². The maximum atomic E-state index is 12.2. The Labute approximate surface area is 189 Å². The van der Waals surface area contributed by atoms with Crippen LogP contribution in [0.3, 0.4) is 0 Å². The third-order valence-corrected chi connectivity index (χ3v) is 5.83. The molecule has 1 aliphatic heterocycles. The SMILES string of the molecule is CCN(CC)c1ccc(Nc2nc(N3CCN(C(=O)OC(C)(C)C)CC3)ns2)c(C)c1. The molecule has 0 aliphatic carbocycles. The molecule has 8 nitrogen and oxygen atoms in total. The Balaban J connectivity index is 1.58. The molecule has 1 aliphatic rings. The smallest absolute Gasteiger partial charge is 0.410 e. The largest absolute Gasteiger partial charge is 0.444 e. The van der Waals surface area contributed by atoms with E-state index in [2.05, 4.69) is 63.4 Å². The highest BCUT2D eigenvalue weighted by molar-refractivity contribution is 7.10. The third kappa shape index (κ3) is 6.00. The van der Waals surface area contributed by atoms with Crippen molar-refractivity contribution in [1.29, 1.82) is 0 Å². The monoisotopic (exact) mass is 446 g/mol. The fourth-order valence-corrected chi connectivity index (χ4v) is 4.10. The van der Waals surface area contributed by atoms with Crippen molar-refractivity contribution in [1.82, 2.24) is 14.3 Å². The van der Waals surface area contributed by atoms with Crippen molar-refractivity contribution in [3.63, 3.8) is 0 Å². The Hall–Kier alpha value is -2.55. The second-order valence-electron chi connectivity index (χ2n) is 8.65. The van der Waals surface area contributed by atoms with Gasteiger partial charge in [-0.1, -0.05) is 0 Å². The van der Waals surface area contributed by atoms with E-state index < -0.39 is 5.60 Å². The number of benzene rings is 1. The molecule has 1 amide bonds. The molecule has 0 spiro atoms.